The Labute approximate surface area is 165 Å². The molecule has 3 nitrogen and oxygen atoms in total. The second-order valence-electron chi connectivity index (χ2n) is 6.43. The number of aromatic nitrogens is 2. The number of para-hydroxylation sites is 1. The van der Waals surface area contributed by atoms with Crippen molar-refractivity contribution in [1.82, 2.24) is 9.97 Å². The molecule has 1 N–H and O–H groups in total. The van der Waals surface area contributed by atoms with E-state index in [0.717, 1.165) is 31.8 Å². The molecule has 0 fully saturated rings. The van der Waals surface area contributed by atoms with Gasteiger partial charge in [-0.1, -0.05) is 50.2 Å². The molecule has 0 aliphatic carbocycles. The molecule has 0 saturated heterocycles. The Morgan fingerprint density at radius 1 is 1.00 bits per heavy atom. The number of nitrogens with one attached hydrogen (secondary N) is 1. The molecule has 2 heterocycles. The molecule has 0 aliphatic heterocycles. The Bertz CT molecular complexity index is 1050. The van der Waals surface area contributed by atoms with Crippen molar-refractivity contribution in [3.63, 3.8) is 0 Å². The van der Waals surface area contributed by atoms with Gasteiger partial charge in [-0.15, -0.1) is 11.3 Å². The van der Waals surface area contributed by atoms with Crippen molar-refractivity contribution in [2.24, 2.45) is 0 Å². The smallest absolute Gasteiger partial charge is 0.143 e. The van der Waals surface area contributed by atoms with Crippen LogP contribution in [0.5, 0.6) is 0 Å². The molecule has 4 rings (SSSR count). The fourth-order valence-corrected chi connectivity index (χ4v) is 4.22. The first-order valence-electron chi connectivity index (χ1n) is 8.47. The average Bonchev–Trinajstić information content (AvgIpc) is 3.09. The lowest BCUT2D eigenvalue weighted by molar-refractivity contribution is 0.867. The SMILES string of the molecule is CC(C)c1ccc(-c2csc3ncnc(Nc4ccccc4Br)c23)cc1. The van der Waals surface area contributed by atoms with Gasteiger partial charge in [-0.2, -0.15) is 0 Å². The number of rotatable bonds is 4. The molecule has 5 heteroatoms. The van der Waals surface area contributed by atoms with Crippen LogP contribution in [0.25, 0.3) is 21.3 Å². The highest BCUT2D eigenvalue weighted by Gasteiger charge is 2.14. The quantitative estimate of drug-likeness (QED) is 0.384. The van der Waals surface area contributed by atoms with Crippen LogP contribution in [0.4, 0.5) is 11.5 Å². The second-order valence-corrected chi connectivity index (χ2v) is 8.15. The van der Waals surface area contributed by atoms with E-state index in [2.05, 4.69) is 74.7 Å². The lowest BCUT2D eigenvalue weighted by Crippen LogP contribution is -1.96. The highest BCUT2D eigenvalue weighted by atomic mass is 79.9. The molecule has 0 unspecified atom stereocenters. The van der Waals surface area contributed by atoms with E-state index < -0.39 is 0 Å². The monoisotopic (exact) mass is 423 g/mol. The number of hydrogen-bond donors (Lipinski definition) is 1. The third kappa shape index (κ3) is 3.24. The van der Waals surface area contributed by atoms with Gasteiger partial charge in [0.1, 0.15) is 17.0 Å². The zero-order valence-electron chi connectivity index (χ0n) is 14.5. The van der Waals surface area contributed by atoms with Gasteiger partial charge in [0, 0.05) is 15.4 Å². The highest BCUT2D eigenvalue weighted by molar-refractivity contribution is 9.10. The third-order valence-electron chi connectivity index (χ3n) is 4.39. The van der Waals surface area contributed by atoms with E-state index in [1.54, 1.807) is 17.7 Å². The topological polar surface area (TPSA) is 37.8 Å². The molecule has 0 bridgehead atoms. The zero-order valence-corrected chi connectivity index (χ0v) is 16.9. The van der Waals surface area contributed by atoms with Crippen LogP contribution in [-0.4, -0.2) is 9.97 Å². The lowest BCUT2D eigenvalue weighted by atomic mass is 9.99. The van der Waals surface area contributed by atoms with Gasteiger partial charge in [-0.25, -0.2) is 9.97 Å². The Balaban J connectivity index is 1.81. The van der Waals surface area contributed by atoms with Crippen LogP contribution in [0.15, 0.2) is 64.7 Å². The minimum atomic E-state index is 0.527. The van der Waals surface area contributed by atoms with Crippen molar-refractivity contribution >= 4 is 49.0 Å². The van der Waals surface area contributed by atoms with Gasteiger partial charge in [-0.05, 0) is 45.1 Å². The molecule has 2 aromatic heterocycles. The summed E-state index contributed by atoms with van der Waals surface area (Å²) in [5.74, 6) is 1.35. The number of fused-ring (bicyclic) bond motifs is 1. The molecule has 26 heavy (non-hydrogen) atoms. The standard InChI is InChI=1S/C21H18BrN3S/c1-13(2)14-7-9-15(10-8-14)16-11-26-21-19(16)20(23-12-24-21)25-18-6-4-3-5-17(18)22/h3-13H,1-2H3,(H,23,24,25). The van der Waals surface area contributed by atoms with Crippen molar-refractivity contribution in [2.45, 2.75) is 19.8 Å². The lowest BCUT2D eigenvalue weighted by Gasteiger charge is -2.10. The summed E-state index contributed by atoms with van der Waals surface area (Å²) in [6, 6.07) is 16.8. The normalized spacial score (nSPS) is 11.2. The van der Waals surface area contributed by atoms with Gasteiger partial charge in [0.25, 0.3) is 0 Å². The summed E-state index contributed by atoms with van der Waals surface area (Å²) in [5.41, 5.74) is 4.68. The van der Waals surface area contributed by atoms with Gasteiger partial charge in [-0.3, -0.25) is 0 Å². The van der Waals surface area contributed by atoms with Crippen LogP contribution in [-0.2, 0) is 0 Å². The highest BCUT2D eigenvalue weighted by Crippen LogP contribution is 2.38. The van der Waals surface area contributed by atoms with Gasteiger partial charge in [0.2, 0.25) is 0 Å². The number of thiophene rings is 1. The Morgan fingerprint density at radius 3 is 2.50 bits per heavy atom. The van der Waals surface area contributed by atoms with Crippen molar-refractivity contribution in [1.29, 1.82) is 0 Å². The Hall–Kier alpha value is -2.24. The van der Waals surface area contributed by atoms with Crippen LogP contribution >= 0.6 is 27.3 Å². The summed E-state index contributed by atoms with van der Waals surface area (Å²) in [6.07, 6.45) is 1.61. The van der Waals surface area contributed by atoms with Crippen LogP contribution in [0.2, 0.25) is 0 Å². The fraction of sp³-hybridized carbons (Fsp3) is 0.143. The number of nitrogens with zero attached hydrogens (tertiary/aromatic N) is 2. The van der Waals surface area contributed by atoms with E-state index in [-0.39, 0.29) is 0 Å². The maximum Gasteiger partial charge on any atom is 0.143 e. The number of halogens is 1. The average molecular weight is 424 g/mol. The van der Waals surface area contributed by atoms with Crippen molar-refractivity contribution in [2.75, 3.05) is 5.32 Å². The van der Waals surface area contributed by atoms with E-state index in [4.69, 9.17) is 0 Å². The first-order chi connectivity index (χ1) is 12.6. The summed E-state index contributed by atoms with van der Waals surface area (Å²) in [7, 11) is 0. The Kier molecular flexibility index (Phi) is 4.74. The molecule has 0 saturated carbocycles. The van der Waals surface area contributed by atoms with E-state index in [1.165, 1.54) is 11.1 Å². The van der Waals surface area contributed by atoms with E-state index in [9.17, 15) is 0 Å². The van der Waals surface area contributed by atoms with Gasteiger partial charge >= 0.3 is 0 Å². The minimum Gasteiger partial charge on any atom is -0.339 e. The van der Waals surface area contributed by atoms with Crippen molar-refractivity contribution in [3.8, 4) is 11.1 Å². The molecule has 0 aliphatic rings. The fourth-order valence-electron chi connectivity index (χ4n) is 2.92. The molecule has 2 aromatic carbocycles. The predicted octanol–water partition coefficient (Wildman–Crippen LogP) is 6.99. The molecule has 0 amide bonds. The summed E-state index contributed by atoms with van der Waals surface area (Å²) >= 11 is 5.24. The van der Waals surface area contributed by atoms with Gasteiger partial charge < -0.3 is 5.32 Å². The third-order valence-corrected chi connectivity index (χ3v) is 5.96. The van der Waals surface area contributed by atoms with Crippen molar-refractivity contribution < 1.29 is 0 Å². The summed E-state index contributed by atoms with van der Waals surface area (Å²) < 4.78 is 1.00. The maximum atomic E-state index is 4.51. The number of anilines is 2. The molecule has 0 atom stereocenters. The number of benzene rings is 2. The van der Waals surface area contributed by atoms with E-state index in [1.807, 2.05) is 24.3 Å². The largest absolute Gasteiger partial charge is 0.339 e. The first kappa shape index (κ1) is 17.2. The van der Waals surface area contributed by atoms with Gasteiger partial charge in [0.05, 0.1) is 11.1 Å². The molecular formula is C21H18BrN3S. The minimum absolute atomic E-state index is 0.527. The van der Waals surface area contributed by atoms with Crippen LogP contribution in [0.3, 0.4) is 0 Å². The number of hydrogen-bond acceptors (Lipinski definition) is 4. The zero-order chi connectivity index (χ0) is 18.1. The first-order valence-corrected chi connectivity index (χ1v) is 10.1. The predicted molar refractivity (Wildman–Crippen MR) is 114 cm³/mol. The van der Waals surface area contributed by atoms with Crippen LogP contribution in [0, 0.1) is 0 Å². The molecule has 0 spiro atoms. The van der Waals surface area contributed by atoms with Crippen LogP contribution in [0.1, 0.15) is 25.3 Å². The Morgan fingerprint density at radius 2 is 1.77 bits per heavy atom. The van der Waals surface area contributed by atoms with E-state index >= 15 is 0 Å². The summed E-state index contributed by atoms with van der Waals surface area (Å²) in [6.45, 7) is 4.42. The molecule has 130 valence electrons. The van der Waals surface area contributed by atoms with E-state index in [0.29, 0.717) is 5.92 Å². The molecular weight excluding hydrogens is 406 g/mol. The summed E-state index contributed by atoms with van der Waals surface area (Å²) in [5, 5.41) is 6.67. The molecule has 4 aromatic rings. The second kappa shape index (κ2) is 7.17. The maximum absolute atomic E-state index is 4.51. The van der Waals surface area contributed by atoms with Crippen LogP contribution < -0.4 is 5.32 Å². The van der Waals surface area contributed by atoms with Crippen molar-refractivity contribution in [3.05, 3.63) is 70.3 Å². The molecule has 0 radical (unpaired) electrons. The summed E-state index contributed by atoms with van der Waals surface area (Å²) in [4.78, 5) is 9.95. The van der Waals surface area contributed by atoms with Gasteiger partial charge in [0.15, 0.2) is 0 Å².